The summed E-state index contributed by atoms with van der Waals surface area (Å²) in [6, 6.07) is 13.4. The molecule has 0 radical (unpaired) electrons. The molecule has 0 unspecified atom stereocenters. The summed E-state index contributed by atoms with van der Waals surface area (Å²) in [5, 5.41) is 2.74. The van der Waals surface area contributed by atoms with E-state index in [1.165, 1.54) is 12.1 Å². The molecule has 0 saturated heterocycles. The Morgan fingerprint density at radius 3 is 2.35 bits per heavy atom. The first-order valence-electron chi connectivity index (χ1n) is 6.53. The van der Waals surface area contributed by atoms with E-state index in [9.17, 15) is 9.18 Å². The maximum atomic E-state index is 12.7. The molecule has 3 N–H and O–H groups in total. The van der Waals surface area contributed by atoms with Gasteiger partial charge in [-0.25, -0.2) is 4.39 Å². The van der Waals surface area contributed by atoms with Crippen LogP contribution < -0.4 is 11.1 Å². The van der Waals surface area contributed by atoms with Crippen LogP contribution in [-0.4, -0.2) is 5.91 Å². The zero-order chi connectivity index (χ0) is 14.4. The number of halogens is 1. The molecule has 2 aromatic rings. The molecule has 0 spiro atoms. The zero-order valence-corrected chi connectivity index (χ0v) is 11.1. The Labute approximate surface area is 117 Å². The van der Waals surface area contributed by atoms with Crippen molar-refractivity contribution in [2.75, 3.05) is 11.1 Å². The molecule has 1 amide bonds. The number of anilines is 2. The van der Waals surface area contributed by atoms with E-state index < -0.39 is 0 Å². The van der Waals surface area contributed by atoms with Crippen molar-refractivity contribution >= 4 is 17.3 Å². The van der Waals surface area contributed by atoms with Gasteiger partial charge in [0, 0.05) is 17.8 Å². The van der Waals surface area contributed by atoms with Gasteiger partial charge in [0.15, 0.2) is 0 Å². The fourth-order valence-electron chi connectivity index (χ4n) is 1.89. The second-order valence-electron chi connectivity index (χ2n) is 4.65. The van der Waals surface area contributed by atoms with Crippen LogP contribution in [0.25, 0.3) is 0 Å². The molecule has 4 heteroatoms. The van der Waals surface area contributed by atoms with E-state index in [1.807, 2.05) is 24.3 Å². The van der Waals surface area contributed by atoms with Crippen molar-refractivity contribution in [1.82, 2.24) is 0 Å². The Bertz CT molecular complexity index is 564. The van der Waals surface area contributed by atoms with Crippen LogP contribution in [0.4, 0.5) is 15.8 Å². The number of nitrogens with one attached hydrogen (secondary N) is 1. The van der Waals surface area contributed by atoms with Gasteiger partial charge in [-0.15, -0.1) is 0 Å². The predicted molar refractivity (Wildman–Crippen MR) is 78.8 cm³/mol. The summed E-state index contributed by atoms with van der Waals surface area (Å²) in [6.07, 6.45) is 2.02. The summed E-state index contributed by atoms with van der Waals surface area (Å²) < 4.78 is 12.7. The summed E-state index contributed by atoms with van der Waals surface area (Å²) in [6.45, 7) is 0. The lowest BCUT2D eigenvalue weighted by Crippen LogP contribution is -2.11. The normalized spacial score (nSPS) is 10.2. The first-order valence-corrected chi connectivity index (χ1v) is 6.53. The van der Waals surface area contributed by atoms with E-state index in [1.54, 1.807) is 12.1 Å². The highest BCUT2D eigenvalue weighted by atomic mass is 19.1. The highest BCUT2D eigenvalue weighted by Crippen LogP contribution is 2.11. The molecular formula is C16H17FN2O. The predicted octanol–water partition coefficient (Wildman–Crippen LogP) is 3.37. The summed E-state index contributed by atoms with van der Waals surface area (Å²) in [5.74, 6) is -0.376. The van der Waals surface area contributed by atoms with Gasteiger partial charge in [0.05, 0.1) is 0 Å². The highest BCUT2D eigenvalue weighted by Gasteiger charge is 2.03. The van der Waals surface area contributed by atoms with Crippen LogP contribution in [0.5, 0.6) is 0 Å². The molecule has 0 aliphatic rings. The average Bonchev–Trinajstić information content (AvgIpc) is 2.44. The van der Waals surface area contributed by atoms with Gasteiger partial charge < -0.3 is 11.1 Å². The third kappa shape index (κ3) is 4.39. The van der Waals surface area contributed by atoms with Gasteiger partial charge in [0.2, 0.25) is 5.91 Å². The molecule has 0 aliphatic carbocycles. The van der Waals surface area contributed by atoms with Crippen molar-refractivity contribution in [3.05, 3.63) is 59.9 Å². The van der Waals surface area contributed by atoms with Gasteiger partial charge >= 0.3 is 0 Å². The third-order valence-electron chi connectivity index (χ3n) is 2.98. The number of hydrogen-bond acceptors (Lipinski definition) is 2. The van der Waals surface area contributed by atoms with Gasteiger partial charge in [-0.2, -0.15) is 0 Å². The molecule has 0 heterocycles. The largest absolute Gasteiger partial charge is 0.399 e. The van der Waals surface area contributed by atoms with Crippen LogP contribution in [0, 0.1) is 5.82 Å². The van der Waals surface area contributed by atoms with Crippen LogP contribution in [0.2, 0.25) is 0 Å². The summed E-state index contributed by atoms with van der Waals surface area (Å²) in [7, 11) is 0. The minimum absolute atomic E-state index is 0.0629. The Kier molecular flexibility index (Phi) is 4.71. The van der Waals surface area contributed by atoms with Gasteiger partial charge in [-0.1, -0.05) is 12.1 Å². The van der Waals surface area contributed by atoms with Gasteiger partial charge in [-0.3, -0.25) is 4.79 Å². The summed E-state index contributed by atoms with van der Waals surface area (Å²) >= 11 is 0. The quantitative estimate of drug-likeness (QED) is 0.820. The molecule has 20 heavy (non-hydrogen) atoms. The average molecular weight is 272 g/mol. The Morgan fingerprint density at radius 1 is 1.05 bits per heavy atom. The van der Waals surface area contributed by atoms with E-state index in [-0.39, 0.29) is 11.7 Å². The lowest BCUT2D eigenvalue weighted by molar-refractivity contribution is -0.116. The second kappa shape index (κ2) is 6.70. The SMILES string of the molecule is Nc1ccc(CCCC(=O)Nc2ccc(F)cc2)cc1. The maximum Gasteiger partial charge on any atom is 0.224 e. The Hall–Kier alpha value is -2.36. The lowest BCUT2D eigenvalue weighted by Gasteiger charge is -2.05. The smallest absolute Gasteiger partial charge is 0.224 e. The number of nitrogens with two attached hydrogens (primary N) is 1. The van der Waals surface area contributed by atoms with E-state index in [0.29, 0.717) is 12.1 Å². The Balaban J connectivity index is 1.75. The zero-order valence-electron chi connectivity index (χ0n) is 11.1. The number of carbonyl (C=O) groups excluding carboxylic acids is 1. The Morgan fingerprint density at radius 2 is 1.70 bits per heavy atom. The van der Waals surface area contributed by atoms with E-state index in [0.717, 1.165) is 24.1 Å². The fourth-order valence-corrected chi connectivity index (χ4v) is 1.89. The van der Waals surface area contributed by atoms with Crippen molar-refractivity contribution in [2.45, 2.75) is 19.3 Å². The van der Waals surface area contributed by atoms with Gasteiger partial charge in [0.1, 0.15) is 5.82 Å². The second-order valence-corrected chi connectivity index (χ2v) is 4.65. The van der Waals surface area contributed by atoms with Crippen LogP contribution >= 0.6 is 0 Å². The highest BCUT2D eigenvalue weighted by molar-refractivity contribution is 5.90. The molecule has 0 fully saturated rings. The number of benzene rings is 2. The summed E-state index contributed by atoms with van der Waals surface area (Å²) in [5.41, 5.74) is 8.12. The van der Waals surface area contributed by atoms with E-state index in [2.05, 4.69) is 5.32 Å². The van der Waals surface area contributed by atoms with Crippen molar-refractivity contribution in [2.24, 2.45) is 0 Å². The summed E-state index contributed by atoms with van der Waals surface area (Å²) in [4.78, 5) is 11.7. The molecule has 0 aromatic heterocycles. The number of carbonyl (C=O) groups is 1. The van der Waals surface area contributed by atoms with Crippen LogP contribution in [0.3, 0.4) is 0 Å². The van der Waals surface area contributed by atoms with Crippen LogP contribution in [0.1, 0.15) is 18.4 Å². The minimum atomic E-state index is -0.314. The minimum Gasteiger partial charge on any atom is -0.399 e. The number of rotatable bonds is 5. The monoisotopic (exact) mass is 272 g/mol. The van der Waals surface area contributed by atoms with Gasteiger partial charge in [-0.05, 0) is 54.8 Å². The van der Waals surface area contributed by atoms with Crippen LogP contribution in [-0.2, 0) is 11.2 Å². The van der Waals surface area contributed by atoms with Crippen molar-refractivity contribution in [3.8, 4) is 0 Å². The van der Waals surface area contributed by atoms with Crippen molar-refractivity contribution in [3.63, 3.8) is 0 Å². The van der Waals surface area contributed by atoms with Gasteiger partial charge in [0.25, 0.3) is 0 Å². The number of aryl methyl sites for hydroxylation is 1. The van der Waals surface area contributed by atoms with E-state index in [4.69, 9.17) is 5.73 Å². The fraction of sp³-hybridized carbons (Fsp3) is 0.188. The first kappa shape index (κ1) is 14.1. The molecule has 0 bridgehead atoms. The first-order chi connectivity index (χ1) is 9.63. The third-order valence-corrected chi connectivity index (χ3v) is 2.98. The van der Waals surface area contributed by atoms with Crippen molar-refractivity contribution < 1.29 is 9.18 Å². The topological polar surface area (TPSA) is 55.1 Å². The maximum absolute atomic E-state index is 12.7. The molecule has 0 aliphatic heterocycles. The lowest BCUT2D eigenvalue weighted by atomic mass is 10.1. The molecule has 3 nitrogen and oxygen atoms in total. The molecule has 2 aromatic carbocycles. The van der Waals surface area contributed by atoms with Crippen LogP contribution in [0.15, 0.2) is 48.5 Å². The molecule has 0 saturated carbocycles. The number of nitrogen functional groups attached to an aromatic ring is 1. The standard InChI is InChI=1S/C16H17FN2O/c17-13-6-10-15(11-7-13)19-16(20)3-1-2-12-4-8-14(18)9-5-12/h4-11H,1-3,18H2,(H,19,20). The molecular weight excluding hydrogens is 255 g/mol. The number of hydrogen-bond donors (Lipinski definition) is 2. The number of amides is 1. The molecule has 104 valence electrons. The molecule has 2 rings (SSSR count). The van der Waals surface area contributed by atoms with E-state index >= 15 is 0 Å². The van der Waals surface area contributed by atoms with Crippen molar-refractivity contribution in [1.29, 1.82) is 0 Å². The molecule has 0 atom stereocenters.